The Morgan fingerprint density at radius 3 is 2.56 bits per heavy atom. The predicted molar refractivity (Wildman–Crippen MR) is 73.8 cm³/mol. The van der Waals surface area contributed by atoms with Crippen molar-refractivity contribution in [3.8, 4) is 0 Å². The Hall–Kier alpha value is -0.710. The molecule has 1 amide bonds. The number of amides is 1. The van der Waals surface area contributed by atoms with Gasteiger partial charge in [-0.2, -0.15) is 11.8 Å². The van der Waals surface area contributed by atoms with Gasteiger partial charge in [-0.1, -0.05) is 6.92 Å². The summed E-state index contributed by atoms with van der Waals surface area (Å²) in [7, 11) is 0. The lowest BCUT2D eigenvalue weighted by Crippen LogP contribution is -2.38. The number of thioether (sulfide) groups is 1. The Labute approximate surface area is 113 Å². The smallest absolute Gasteiger partial charge is 0.303 e. The van der Waals surface area contributed by atoms with Crippen molar-refractivity contribution in [2.75, 3.05) is 24.6 Å². The Morgan fingerprint density at radius 2 is 1.94 bits per heavy atom. The summed E-state index contributed by atoms with van der Waals surface area (Å²) in [6.07, 6.45) is 4.06. The molecule has 1 rings (SSSR count). The zero-order valence-electron chi connectivity index (χ0n) is 11.1. The number of likely N-dealkylation sites (tertiary alicyclic amines) is 1. The lowest BCUT2D eigenvalue weighted by Gasteiger charge is -2.30. The number of unbranched alkanes of at least 4 members (excludes halogenated alkanes) is 1. The van der Waals surface area contributed by atoms with Gasteiger partial charge in [-0.15, -0.1) is 0 Å². The molecule has 4 nitrogen and oxygen atoms in total. The van der Waals surface area contributed by atoms with Gasteiger partial charge in [-0.3, -0.25) is 9.59 Å². The number of rotatable bonds is 7. The molecule has 0 aromatic rings. The molecule has 1 fully saturated rings. The number of nitrogens with zero attached hydrogens (tertiary/aromatic N) is 1. The average Bonchev–Trinajstić information content (AvgIpc) is 2.34. The molecule has 5 heteroatoms. The fourth-order valence-corrected chi connectivity index (χ4v) is 2.90. The van der Waals surface area contributed by atoms with Crippen molar-refractivity contribution >= 4 is 23.6 Å². The summed E-state index contributed by atoms with van der Waals surface area (Å²) in [5, 5.41) is 8.48. The number of carbonyl (C=O) groups excluding carboxylic acids is 1. The van der Waals surface area contributed by atoms with Crippen LogP contribution in [0.1, 0.15) is 39.0 Å². The first-order valence-electron chi connectivity index (χ1n) is 6.67. The quantitative estimate of drug-likeness (QED) is 0.723. The van der Waals surface area contributed by atoms with Crippen LogP contribution in [0.2, 0.25) is 0 Å². The highest BCUT2D eigenvalue weighted by Crippen LogP contribution is 2.17. The van der Waals surface area contributed by atoms with Crippen LogP contribution in [0.15, 0.2) is 0 Å². The molecule has 0 aromatic carbocycles. The largest absolute Gasteiger partial charge is 0.481 e. The van der Waals surface area contributed by atoms with E-state index in [-0.39, 0.29) is 12.3 Å². The van der Waals surface area contributed by atoms with Gasteiger partial charge in [0.15, 0.2) is 0 Å². The van der Waals surface area contributed by atoms with Crippen LogP contribution in [-0.4, -0.2) is 46.5 Å². The number of piperidine rings is 1. The lowest BCUT2D eigenvalue weighted by molar-refractivity contribution is -0.137. The van der Waals surface area contributed by atoms with Gasteiger partial charge in [0.25, 0.3) is 0 Å². The minimum Gasteiger partial charge on any atom is -0.481 e. The second kappa shape index (κ2) is 8.40. The molecule has 1 aliphatic heterocycles. The summed E-state index contributed by atoms with van der Waals surface area (Å²) in [6.45, 7) is 4.04. The monoisotopic (exact) mass is 273 g/mol. The zero-order valence-corrected chi connectivity index (χ0v) is 11.9. The van der Waals surface area contributed by atoms with Crippen LogP contribution in [0.25, 0.3) is 0 Å². The molecule has 0 aromatic heterocycles. The first-order valence-corrected chi connectivity index (χ1v) is 7.82. The van der Waals surface area contributed by atoms with E-state index in [4.69, 9.17) is 5.11 Å². The van der Waals surface area contributed by atoms with Gasteiger partial charge in [-0.05, 0) is 37.4 Å². The molecule has 0 radical (unpaired) electrons. The Kier molecular flexibility index (Phi) is 7.16. The van der Waals surface area contributed by atoms with Gasteiger partial charge in [-0.25, -0.2) is 0 Å². The van der Waals surface area contributed by atoms with Crippen LogP contribution < -0.4 is 0 Å². The molecule has 0 unspecified atom stereocenters. The summed E-state index contributed by atoms with van der Waals surface area (Å²) in [5.74, 6) is 1.67. The van der Waals surface area contributed by atoms with E-state index < -0.39 is 5.97 Å². The molecule has 1 saturated heterocycles. The van der Waals surface area contributed by atoms with E-state index in [9.17, 15) is 9.59 Å². The topological polar surface area (TPSA) is 57.6 Å². The van der Waals surface area contributed by atoms with Gasteiger partial charge in [0.2, 0.25) is 5.91 Å². The molecular formula is C13H23NO3S. The van der Waals surface area contributed by atoms with Crippen LogP contribution in [0.4, 0.5) is 0 Å². The maximum absolute atomic E-state index is 11.9. The first kappa shape index (κ1) is 15.3. The van der Waals surface area contributed by atoms with Crippen molar-refractivity contribution < 1.29 is 14.7 Å². The van der Waals surface area contributed by atoms with Gasteiger partial charge in [0, 0.05) is 19.5 Å². The van der Waals surface area contributed by atoms with E-state index in [0.29, 0.717) is 12.2 Å². The third-order valence-corrected chi connectivity index (χ3v) is 4.32. The van der Waals surface area contributed by atoms with E-state index in [1.807, 2.05) is 4.90 Å². The highest BCUT2D eigenvalue weighted by atomic mass is 32.2. The summed E-state index contributed by atoms with van der Waals surface area (Å²) in [6, 6.07) is 0. The van der Waals surface area contributed by atoms with Crippen molar-refractivity contribution in [1.82, 2.24) is 4.90 Å². The molecule has 0 saturated carbocycles. The SMILES string of the molecule is CC1CCN(C(=O)CSCCCCC(=O)O)CC1. The van der Waals surface area contributed by atoms with Crippen LogP contribution in [0.5, 0.6) is 0 Å². The van der Waals surface area contributed by atoms with Gasteiger partial charge < -0.3 is 10.0 Å². The van der Waals surface area contributed by atoms with Crippen LogP contribution in [-0.2, 0) is 9.59 Å². The normalized spacial score (nSPS) is 16.8. The average molecular weight is 273 g/mol. The minimum atomic E-state index is -0.737. The molecule has 0 spiro atoms. The third-order valence-electron chi connectivity index (χ3n) is 3.29. The number of aliphatic carboxylic acids is 1. The Morgan fingerprint density at radius 1 is 1.28 bits per heavy atom. The first-order chi connectivity index (χ1) is 8.59. The highest BCUT2D eigenvalue weighted by molar-refractivity contribution is 7.99. The maximum Gasteiger partial charge on any atom is 0.303 e. The molecule has 1 N–H and O–H groups in total. The van der Waals surface area contributed by atoms with E-state index in [0.717, 1.165) is 44.0 Å². The fraction of sp³-hybridized carbons (Fsp3) is 0.846. The fourth-order valence-electron chi connectivity index (χ4n) is 1.99. The van der Waals surface area contributed by atoms with Crippen LogP contribution in [0.3, 0.4) is 0 Å². The number of carbonyl (C=O) groups is 2. The third kappa shape index (κ3) is 6.28. The standard InChI is InChI=1S/C13H23NO3S/c1-11-5-7-14(8-6-11)12(15)10-18-9-3-2-4-13(16)17/h11H,2-10H2,1H3,(H,16,17). The molecule has 18 heavy (non-hydrogen) atoms. The van der Waals surface area contributed by atoms with E-state index in [1.54, 1.807) is 11.8 Å². The van der Waals surface area contributed by atoms with Crippen LogP contribution in [0, 0.1) is 5.92 Å². The van der Waals surface area contributed by atoms with Crippen molar-refractivity contribution in [3.63, 3.8) is 0 Å². The van der Waals surface area contributed by atoms with Crippen molar-refractivity contribution in [2.45, 2.75) is 39.0 Å². The zero-order chi connectivity index (χ0) is 13.4. The maximum atomic E-state index is 11.9. The summed E-state index contributed by atoms with van der Waals surface area (Å²) < 4.78 is 0. The summed E-state index contributed by atoms with van der Waals surface area (Å²) in [4.78, 5) is 24.1. The molecule has 1 heterocycles. The number of hydrogen-bond acceptors (Lipinski definition) is 3. The van der Waals surface area contributed by atoms with Crippen LogP contribution >= 0.6 is 11.8 Å². The van der Waals surface area contributed by atoms with E-state index in [1.165, 1.54) is 0 Å². The molecule has 0 aliphatic carbocycles. The second-order valence-electron chi connectivity index (χ2n) is 4.97. The molecule has 1 aliphatic rings. The summed E-state index contributed by atoms with van der Waals surface area (Å²) in [5.41, 5.74) is 0. The van der Waals surface area contributed by atoms with E-state index in [2.05, 4.69) is 6.92 Å². The number of carboxylic acid groups (broad SMARTS) is 1. The molecule has 0 bridgehead atoms. The highest BCUT2D eigenvalue weighted by Gasteiger charge is 2.19. The lowest BCUT2D eigenvalue weighted by atomic mass is 9.99. The Balaban J connectivity index is 2.01. The molecule has 104 valence electrons. The van der Waals surface area contributed by atoms with Gasteiger partial charge in [0.1, 0.15) is 0 Å². The minimum absolute atomic E-state index is 0.235. The van der Waals surface area contributed by atoms with Gasteiger partial charge >= 0.3 is 5.97 Å². The van der Waals surface area contributed by atoms with Crippen molar-refractivity contribution in [2.24, 2.45) is 5.92 Å². The molecular weight excluding hydrogens is 250 g/mol. The predicted octanol–water partition coefficient (Wildman–Crippen LogP) is 2.23. The van der Waals surface area contributed by atoms with E-state index >= 15 is 0 Å². The number of hydrogen-bond donors (Lipinski definition) is 1. The number of carboxylic acids is 1. The Bertz CT molecular complexity index is 275. The summed E-state index contributed by atoms with van der Waals surface area (Å²) >= 11 is 1.62. The second-order valence-corrected chi connectivity index (χ2v) is 6.07. The molecule has 0 atom stereocenters. The van der Waals surface area contributed by atoms with Gasteiger partial charge in [0.05, 0.1) is 5.75 Å². The van der Waals surface area contributed by atoms with Crippen molar-refractivity contribution in [3.05, 3.63) is 0 Å². The van der Waals surface area contributed by atoms with Crippen molar-refractivity contribution in [1.29, 1.82) is 0 Å².